The number of aliphatic hydroxyl groups excluding tert-OH is 2. The van der Waals surface area contributed by atoms with Gasteiger partial charge in [-0.25, -0.2) is 4.79 Å². The Hall–Kier alpha value is -2.45. The Morgan fingerprint density at radius 1 is 1.30 bits per heavy atom. The highest BCUT2D eigenvalue weighted by Gasteiger charge is 2.49. The molecular weight excluding hydrogens is 392 g/mol. The van der Waals surface area contributed by atoms with Crippen molar-refractivity contribution in [3.05, 3.63) is 35.5 Å². The number of ether oxygens (including phenoxy) is 3. The number of hydrogen-bond donors (Lipinski definition) is 2. The molecule has 2 N–H and O–H groups in total. The zero-order valence-corrected chi connectivity index (χ0v) is 17.6. The first-order valence-electron chi connectivity index (χ1n) is 10.1. The number of aliphatic hydroxyl groups is 2. The maximum Gasteiger partial charge on any atom is 0.334 e. The normalized spacial score (nSPS) is 31.4. The summed E-state index contributed by atoms with van der Waals surface area (Å²) >= 11 is 0. The van der Waals surface area contributed by atoms with Crippen LogP contribution in [0.25, 0.3) is 0 Å². The molecule has 2 rings (SSSR count). The fraction of sp³-hybridized carbons (Fsp3) is 0.591. The van der Waals surface area contributed by atoms with E-state index in [2.05, 4.69) is 6.58 Å². The van der Waals surface area contributed by atoms with E-state index in [1.165, 1.54) is 6.92 Å². The van der Waals surface area contributed by atoms with E-state index in [1.54, 1.807) is 19.1 Å². The summed E-state index contributed by atoms with van der Waals surface area (Å²) in [4.78, 5) is 36.8. The molecule has 0 saturated carbocycles. The van der Waals surface area contributed by atoms with Crippen LogP contribution in [-0.4, -0.2) is 59.6 Å². The molecule has 0 aromatic rings. The van der Waals surface area contributed by atoms with E-state index in [4.69, 9.17) is 14.2 Å². The number of esters is 3. The standard InChI is InChI=1S/C22H30O8/c1-5-12(2)21(26)30-20-18-13(3)22(27)29-17(18)9-15(10-23)7-6-8-16(11-24)19(20)28-14(4)25/h8-9,12,17-20,23-24H,3,5-7,10-11H2,1-2,4H3/b15-9-,16-8+/t12-,17-,18+,19+,20-/m1/s1. The van der Waals surface area contributed by atoms with Crippen molar-refractivity contribution >= 4 is 17.9 Å². The van der Waals surface area contributed by atoms with E-state index in [0.29, 0.717) is 30.4 Å². The van der Waals surface area contributed by atoms with Crippen LogP contribution in [0.3, 0.4) is 0 Å². The van der Waals surface area contributed by atoms with Gasteiger partial charge in [0.25, 0.3) is 0 Å². The van der Waals surface area contributed by atoms with Crippen LogP contribution in [0.1, 0.15) is 40.0 Å². The molecular formula is C22H30O8. The summed E-state index contributed by atoms with van der Waals surface area (Å²) in [5, 5.41) is 19.6. The van der Waals surface area contributed by atoms with Crippen LogP contribution in [0.4, 0.5) is 0 Å². The van der Waals surface area contributed by atoms with Gasteiger partial charge in [-0.2, -0.15) is 0 Å². The smallest absolute Gasteiger partial charge is 0.334 e. The molecule has 0 bridgehead atoms. The molecule has 1 aliphatic carbocycles. The number of carbonyl (C=O) groups is 3. The number of allylic oxidation sites excluding steroid dienone is 1. The number of fused-ring (bicyclic) bond motifs is 1. The predicted octanol–water partition coefficient (Wildman–Crippen LogP) is 1.60. The molecule has 0 spiro atoms. The van der Waals surface area contributed by atoms with Gasteiger partial charge in [-0.3, -0.25) is 9.59 Å². The van der Waals surface area contributed by atoms with Crippen molar-refractivity contribution in [2.75, 3.05) is 13.2 Å². The second-order valence-corrected chi connectivity index (χ2v) is 7.62. The van der Waals surface area contributed by atoms with Crippen LogP contribution in [0.2, 0.25) is 0 Å². The van der Waals surface area contributed by atoms with Gasteiger partial charge in [0.2, 0.25) is 0 Å². The quantitative estimate of drug-likeness (QED) is 0.287. The zero-order valence-electron chi connectivity index (χ0n) is 17.6. The first kappa shape index (κ1) is 23.8. The maximum absolute atomic E-state index is 12.7. The topological polar surface area (TPSA) is 119 Å². The number of hydrogen-bond acceptors (Lipinski definition) is 8. The first-order chi connectivity index (χ1) is 14.2. The van der Waals surface area contributed by atoms with Crippen molar-refractivity contribution in [2.45, 2.75) is 58.3 Å². The van der Waals surface area contributed by atoms with Crippen LogP contribution in [0.5, 0.6) is 0 Å². The fourth-order valence-electron chi connectivity index (χ4n) is 3.56. The van der Waals surface area contributed by atoms with Gasteiger partial charge < -0.3 is 24.4 Å². The molecule has 0 unspecified atom stereocenters. The first-order valence-corrected chi connectivity index (χ1v) is 10.1. The molecule has 1 aliphatic heterocycles. The molecule has 0 amide bonds. The summed E-state index contributed by atoms with van der Waals surface area (Å²) < 4.78 is 16.7. The second-order valence-electron chi connectivity index (χ2n) is 7.62. The van der Waals surface area contributed by atoms with Gasteiger partial charge in [-0.15, -0.1) is 0 Å². The van der Waals surface area contributed by atoms with E-state index in [0.717, 1.165) is 0 Å². The molecule has 0 aromatic heterocycles. The molecule has 30 heavy (non-hydrogen) atoms. The monoisotopic (exact) mass is 422 g/mol. The lowest BCUT2D eigenvalue weighted by molar-refractivity contribution is -0.171. The lowest BCUT2D eigenvalue weighted by Gasteiger charge is -2.34. The summed E-state index contributed by atoms with van der Waals surface area (Å²) in [7, 11) is 0. The van der Waals surface area contributed by atoms with E-state index in [1.807, 2.05) is 6.92 Å². The average molecular weight is 422 g/mol. The van der Waals surface area contributed by atoms with Crippen molar-refractivity contribution in [1.29, 1.82) is 0 Å². The molecule has 0 aromatic carbocycles. The van der Waals surface area contributed by atoms with E-state index in [9.17, 15) is 24.6 Å². The Labute approximate surface area is 176 Å². The number of carbonyl (C=O) groups excluding carboxylic acids is 3. The zero-order chi connectivity index (χ0) is 22.4. The van der Waals surface area contributed by atoms with E-state index in [-0.39, 0.29) is 12.2 Å². The van der Waals surface area contributed by atoms with Gasteiger partial charge in [0, 0.05) is 12.5 Å². The molecule has 0 radical (unpaired) electrons. The fourth-order valence-corrected chi connectivity index (χ4v) is 3.56. The lowest BCUT2D eigenvalue weighted by Crippen LogP contribution is -2.46. The van der Waals surface area contributed by atoms with Crippen molar-refractivity contribution in [1.82, 2.24) is 0 Å². The van der Waals surface area contributed by atoms with Gasteiger partial charge >= 0.3 is 17.9 Å². The summed E-state index contributed by atoms with van der Waals surface area (Å²) in [5.74, 6) is -3.07. The third kappa shape index (κ3) is 5.37. The van der Waals surface area contributed by atoms with Gasteiger partial charge in [0.05, 0.1) is 25.0 Å². The highest BCUT2D eigenvalue weighted by atomic mass is 16.6. The minimum atomic E-state index is -1.13. The largest absolute Gasteiger partial charge is 0.457 e. The molecule has 8 heteroatoms. The van der Waals surface area contributed by atoms with Crippen molar-refractivity contribution in [3.63, 3.8) is 0 Å². The highest BCUT2D eigenvalue weighted by Crippen LogP contribution is 2.37. The molecule has 1 heterocycles. The summed E-state index contributed by atoms with van der Waals surface area (Å²) in [6.45, 7) is 7.89. The van der Waals surface area contributed by atoms with Crippen LogP contribution in [0.15, 0.2) is 35.5 Å². The Balaban J connectivity index is 2.61. The van der Waals surface area contributed by atoms with Gasteiger partial charge in [0.1, 0.15) is 6.10 Å². The Morgan fingerprint density at radius 2 is 2.00 bits per heavy atom. The SMILES string of the molecule is C=C1C(=O)O[C@@H]2/C=C(\CO)CC/C=C(\CO)[C@H](OC(C)=O)[C@H](OC(=O)[C@H](C)CC)[C@@H]12. The molecule has 2 aliphatic rings. The van der Waals surface area contributed by atoms with E-state index < -0.39 is 54.7 Å². The van der Waals surface area contributed by atoms with Gasteiger partial charge in [0.15, 0.2) is 12.2 Å². The highest BCUT2D eigenvalue weighted by molar-refractivity contribution is 5.91. The lowest BCUT2D eigenvalue weighted by atomic mass is 9.83. The van der Waals surface area contributed by atoms with Crippen molar-refractivity contribution in [3.8, 4) is 0 Å². The van der Waals surface area contributed by atoms with Crippen LogP contribution < -0.4 is 0 Å². The average Bonchev–Trinajstić information content (AvgIpc) is 2.99. The van der Waals surface area contributed by atoms with Crippen molar-refractivity contribution < 1.29 is 38.8 Å². The van der Waals surface area contributed by atoms with Gasteiger partial charge in [-0.1, -0.05) is 26.5 Å². The Bertz CT molecular complexity index is 750. The maximum atomic E-state index is 12.7. The van der Waals surface area contributed by atoms with Crippen molar-refractivity contribution in [2.24, 2.45) is 11.8 Å². The molecule has 5 atom stereocenters. The third-order valence-corrected chi connectivity index (χ3v) is 5.50. The van der Waals surface area contributed by atoms with Gasteiger partial charge in [-0.05, 0) is 36.5 Å². The predicted molar refractivity (Wildman–Crippen MR) is 107 cm³/mol. The minimum absolute atomic E-state index is 0.0745. The molecule has 166 valence electrons. The second kappa shape index (κ2) is 10.5. The summed E-state index contributed by atoms with van der Waals surface area (Å²) in [6.07, 6.45) is 1.67. The summed E-state index contributed by atoms with van der Waals surface area (Å²) in [5.41, 5.74) is 1.06. The Kier molecular flexibility index (Phi) is 8.37. The third-order valence-electron chi connectivity index (χ3n) is 5.50. The number of rotatable bonds is 6. The molecule has 1 saturated heterocycles. The van der Waals surface area contributed by atoms with Crippen LogP contribution in [-0.2, 0) is 28.6 Å². The van der Waals surface area contributed by atoms with Crippen LogP contribution in [0, 0.1) is 11.8 Å². The van der Waals surface area contributed by atoms with Crippen LogP contribution >= 0.6 is 0 Å². The Morgan fingerprint density at radius 3 is 2.57 bits per heavy atom. The molecule has 8 nitrogen and oxygen atoms in total. The van der Waals surface area contributed by atoms with E-state index >= 15 is 0 Å². The summed E-state index contributed by atoms with van der Waals surface area (Å²) in [6, 6.07) is 0. The minimum Gasteiger partial charge on any atom is -0.457 e. The molecule has 1 fully saturated rings.